The molecule has 0 radical (unpaired) electrons. The second-order valence-electron chi connectivity index (χ2n) is 8.27. The minimum absolute atomic E-state index is 0.0138. The maximum absolute atomic E-state index is 13.2. The number of piperidine rings is 1. The van der Waals surface area contributed by atoms with Gasteiger partial charge in [0.05, 0.1) is 25.2 Å². The first-order chi connectivity index (χ1) is 17.7. The number of nitrogens with zero attached hydrogens (tertiary/aromatic N) is 2. The Morgan fingerprint density at radius 1 is 1.12 bits per heavy atom. The lowest BCUT2D eigenvalue weighted by molar-refractivity contribution is -0.136. The van der Waals surface area contributed by atoms with Crippen molar-refractivity contribution in [3.8, 4) is 5.75 Å². The predicted molar refractivity (Wildman–Crippen MR) is 119 cm³/mol. The molecule has 3 aliphatic rings. The summed E-state index contributed by atoms with van der Waals surface area (Å²) in [6.45, 7) is 3.88. The van der Waals surface area contributed by atoms with Crippen LogP contribution < -0.4 is 10.1 Å². The first-order valence-electron chi connectivity index (χ1n) is 13.0. The van der Waals surface area contributed by atoms with Crippen LogP contribution in [0.1, 0.15) is 45.4 Å². The third kappa shape index (κ3) is 4.62. The molecule has 3 aliphatic heterocycles. The summed E-state index contributed by atoms with van der Waals surface area (Å²) in [7, 11) is 0. The molecule has 2 aromatic carbocycles. The lowest BCUT2D eigenvalue weighted by atomic mass is 10.0. The fourth-order valence-electron chi connectivity index (χ4n) is 4.23. The van der Waals surface area contributed by atoms with Crippen LogP contribution in [-0.4, -0.2) is 59.8 Å². The molecule has 2 aromatic rings. The maximum atomic E-state index is 13.2. The summed E-state index contributed by atoms with van der Waals surface area (Å²) < 4.78 is 44.8. The van der Waals surface area contributed by atoms with Gasteiger partial charge < -0.3 is 14.4 Å². The monoisotopic (exact) mass is 453 g/mol. The molecule has 3 amide bonds. The molecule has 0 unspecified atom stereocenters. The van der Waals surface area contributed by atoms with Gasteiger partial charge in [0.25, 0.3) is 5.91 Å². The minimum Gasteiger partial charge on any atom is -0.489 e. The minimum atomic E-state index is -2.03. The molecule has 2 saturated heterocycles. The number of nitrogens with one attached hydrogen (secondary N) is 1. The van der Waals surface area contributed by atoms with Crippen LogP contribution in [0.5, 0.6) is 5.75 Å². The Labute approximate surface area is 198 Å². The number of rotatable bonds is 6. The average molecular weight is 454 g/mol. The Bertz CT molecular complexity index is 1270. The molecule has 0 aromatic heterocycles. The SMILES string of the molecule is [2H]c1c([2H])c(OCc2ccc(CN3CCOCC3)cc2)c2c(c1[2H])C(=O)N([C@@]1([2H])CCC(=O)NC1=O)C2. The normalized spacial score (nSPS) is 25.1. The topological polar surface area (TPSA) is 88.2 Å². The van der Waals surface area contributed by atoms with Crippen molar-refractivity contribution in [2.75, 3.05) is 26.3 Å². The second-order valence-corrected chi connectivity index (χ2v) is 8.27. The van der Waals surface area contributed by atoms with E-state index in [4.69, 9.17) is 15.0 Å². The standard InChI is InChI=1S/C25H27N3O5/c29-23-9-8-21(24(30)26-23)28-15-20-19(25(28)31)2-1-3-22(20)33-16-18-6-4-17(5-7-18)14-27-10-12-32-13-11-27/h1-7,21H,8-16H2,(H,26,29,30)/t21-/m0/s1/i1D,2D,3D,21D. The number of hydrogen-bond donors (Lipinski definition) is 1. The van der Waals surface area contributed by atoms with Gasteiger partial charge in [-0.3, -0.25) is 24.6 Å². The van der Waals surface area contributed by atoms with Gasteiger partial charge in [-0.05, 0) is 29.6 Å². The molecule has 8 nitrogen and oxygen atoms in total. The Hall–Kier alpha value is -3.23. The molecule has 0 spiro atoms. The zero-order valence-corrected chi connectivity index (χ0v) is 18.1. The number of fused-ring (bicyclic) bond motifs is 1. The van der Waals surface area contributed by atoms with Crippen LogP contribution in [0.25, 0.3) is 0 Å². The average Bonchev–Trinajstić information content (AvgIpc) is 3.24. The second kappa shape index (κ2) is 9.33. The van der Waals surface area contributed by atoms with Gasteiger partial charge in [0.15, 0.2) is 0 Å². The number of carbonyl (C=O) groups is 3. The number of hydrogen-bond acceptors (Lipinski definition) is 6. The molecular weight excluding hydrogens is 422 g/mol. The smallest absolute Gasteiger partial charge is 0.255 e. The van der Waals surface area contributed by atoms with Gasteiger partial charge in [-0.15, -0.1) is 0 Å². The van der Waals surface area contributed by atoms with E-state index in [0.29, 0.717) is 0 Å². The lowest BCUT2D eigenvalue weighted by Crippen LogP contribution is -2.52. The fraction of sp³-hybridized carbons (Fsp3) is 0.400. The lowest BCUT2D eigenvalue weighted by Gasteiger charge is -2.29. The molecule has 2 fully saturated rings. The van der Waals surface area contributed by atoms with Gasteiger partial charge in [-0.2, -0.15) is 0 Å². The van der Waals surface area contributed by atoms with Gasteiger partial charge >= 0.3 is 0 Å². The molecular formula is C25H27N3O5. The van der Waals surface area contributed by atoms with Crippen molar-refractivity contribution < 1.29 is 29.3 Å². The van der Waals surface area contributed by atoms with Crippen molar-refractivity contribution in [3.63, 3.8) is 0 Å². The number of morpholine rings is 1. The fourth-order valence-corrected chi connectivity index (χ4v) is 4.23. The summed E-state index contributed by atoms with van der Waals surface area (Å²) in [6, 6.07) is 4.57. The molecule has 5 rings (SSSR count). The Kier molecular flexibility index (Phi) is 4.88. The van der Waals surface area contributed by atoms with Crippen LogP contribution in [0.15, 0.2) is 42.4 Å². The molecule has 172 valence electrons. The van der Waals surface area contributed by atoms with Crippen LogP contribution in [0.4, 0.5) is 0 Å². The van der Waals surface area contributed by atoms with Crippen molar-refractivity contribution in [2.45, 2.75) is 38.6 Å². The van der Waals surface area contributed by atoms with Gasteiger partial charge in [-0.25, -0.2) is 0 Å². The molecule has 0 saturated carbocycles. The molecule has 0 aliphatic carbocycles. The first-order valence-corrected chi connectivity index (χ1v) is 11.0. The van der Waals surface area contributed by atoms with Crippen molar-refractivity contribution in [2.24, 2.45) is 0 Å². The van der Waals surface area contributed by atoms with E-state index in [1.165, 1.54) is 0 Å². The maximum Gasteiger partial charge on any atom is 0.255 e. The zero-order valence-electron chi connectivity index (χ0n) is 22.1. The van der Waals surface area contributed by atoms with E-state index >= 15 is 0 Å². The molecule has 0 bridgehead atoms. The van der Waals surface area contributed by atoms with E-state index in [9.17, 15) is 14.4 Å². The van der Waals surface area contributed by atoms with E-state index in [0.717, 1.165) is 48.9 Å². The highest BCUT2D eigenvalue weighted by Crippen LogP contribution is 2.34. The summed E-state index contributed by atoms with van der Waals surface area (Å²) in [5.74, 6) is -2.20. The highest BCUT2D eigenvalue weighted by molar-refractivity contribution is 6.05. The van der Waals surface area contributed by atoms with Crippen molar-refractivity contribution in [1.29, 1.82) is 0 Å². The molecule has 33 heavy (non-hydrogen) atoms. The van der Waals surface area contributed by atoms with Crippen LogP contribution in [0, 0.1) is 0 Å². The number of benzene rings is 2. The van der Waals surface area contributed by atoms with Gasteiger partial charge in [0, 0.05) is 37.2 Å². The van der Waals surface area contributed by atoms with Crippen LogP contribution >= 0.6 is 0 Å². The van der Waals surface area contributed by atoms with E-state index in [-0.39, 0.29) is 48.9 Å². The summed E-state index contributed by atoms with van der Waals surface area (Å²) in [6.07, 6.45) is -0.277. The largest absolute Gasteiger partial charge is 0.489 e. The highest BCUT2D eigenvalue weighted by Gasteiger charge is 2.40. The van der Waals surface area contributed by atoms with Crippen molar-refractivity contribution in [3.05, 3.63) is 64.6 Å². The first kappa shape index (κ1) is 17.3. The summed E-state index contributed by atoms with van der Waals surface area (Å²) in [5.41, 5.74) is 2.03. The van der Waals surface area contributed by atoms with Crippen LogP contribution in [0.3, 0.4) is 0 Å². The quantitative estimate of drug-likeness (QED) is 0.672. The zero-order chi connectivity index (χ0) is 26.3. The van der Waals surface area contributed by atoms with E-state index in [1.54, 1.807) is 0 Å². The van der Waals surface area contributed by atoms with E-state index in [2.05, 4.69) is 10.2 Å². The number of imide groups is 1. The molecule has 1 N–H and O–H groups in total. The molecule has 1 atom stereocenters. The Morgan fingerprint density at radius 3 is 2.64 bits per heavy atom. The van der Waals surface area contributed by atoms with Crippen molar-refractivity contribution >= 4 is 17.7 Å². The summed E-state index contributed by atoms with van der Waals surface area (Å²) in [4.78, 5) is 40.6. The third-order valence-corrected chi connectivity index (χ3v) is 6.06. The Morgan fingerprint density at radius 2 is 1.88 bits per heavy atom. The van der Waals surface area contributed by atoms with Gasteiger partial charge in [0.2, 0.25) is 11.8 Å². The van der Waals surface area contributed by atoms with Crippen LogP contribution in [0.2, 0.25) is 0 Å². The third-order valence-electron chi connectivity index (χ3n) is 6.06. The Balaban J connectivity index is 1.36. The predicted octanol–water partition coefficient (Wildman–Crippen LogP) is 1.86. The van der Waals surface area contributed by atoms with E-state index < -0.39 is 35.8 Å². The summed E-state index contributed by atoms with van der Waals surface area (Å²) >= 11 is 0. The van der Waals surface area contributed by atoms with Crippen LogP contribution in [-0.2, 0) is 34.0 Å². The molecule has 8 heteroatoms. The van der Waals surface area contributed by atoms with Gasteiger partial charge in [0.1, 0.15) is 18.4 Å². The highest BCUT2D eigenvalue weighted by atomic mass is 16.5. The van der Waals surface area contributed by atoms with Crippen molar-refractivity contribution in [1.82, 2.24) is 15.1 Å². The van der Waals surface area contributed by atoms with Gasteiger partial charge in [-0.1, -0.05) is 30.3 Å². The number of ether oxygens (including phenoxy) is 2. The van der Waals surface area contributed by atoms with E-state index in [1.807, 2.05) is 24.3 Å². The molecule has 3 heterocycles. The number of amides is 3. The number of carbonyl (C=O) groups excluding carboxylic acids is 3. The summed E-state index contributed by atoms with van der Waals surface area (Å²) in [5, 5.41) is 2.10.